The van der Waals surface area contributed by atoms with Gasteiger partial charge in [-0.2, -0.15) is 0 Å². The Morgan fingerprint density at radius 2 is 1.61 bits per heavy atom. The lowest BCUT2D eigenvalue weighted by atomic mass is 9.99. The molecule has 3 aromatic rings. The summed E-state index contributed by atoms with van der Waals surface area (Å²) in [4.78, 5) is 0. The maximum atomic E-state index is 6.18. The molecule has 0 atom stereocenters. The summed E-state index contributed by atoms with van der Waals surface area (Å²) in [6.07, 6.45) is 4.14. The SMILES string of the molecule is C/C=C/c1cc(Cl)cc2cc3ccccc3cc12. The van der Waals surface area contributed by atoms with Gasteiger partial charge in [-0.15, -0.1) is 0 Å². The number of halogens is 1. The molecule has 3 aromatic carbocycles. The van der Waals surface area contributed by atoms with Crippen LogP contribution in [0.25, 0.3) is 27.6 Å². The molecule has 0 nitrogen and oxygen atoms in total. The Hall–Kier alpha value is -1.79. The molecule has 0 aromatic heterocycles. The first-order valence-electron chi connectivity index (χ1n) is 6.03. The van der Waals surface area contributed by atoms with Crippen molar-refractivity contribution in [2.45, 2.75) is 6.92 Å². The van der Waals surface area contributed by atoms with Gasteiger partial charge in [0.05, 0.1) is 0 Å². The van der Waals surface area contributed by atoms with E-state index >= 15 is 0 Å². The predicted octanol–water partition coefficient (Wildman–Crippen LogP) is 5.68. The molecule has 0 unspecified atom stereocenters. The van der Waals surface area contributed by atoms with Crippen LogP contribution in [-0.4, -0.2) is 0 Å². The van der Waals surface area contributed by atoms with Gasteiger partial charge in [0, 0.05) is 5.02 Å². The molecule has 18 heavy (non-hydrogen) atoms. The number of hydrogen-bond donors (Lipinski definition) is 0. The number of benzene rings is 3. The summed E-state index contributed by atoms with van der Waals surface area (Å²) in [5.41, 5.74) is 1.17. The van der Waals surface area contributed by atoms with Gasteiger partial charge in [-0.05, 0) is 58.3 Å². The topological polar surface area (TPSA) is 0 Å². The van der Waals surface area contributed by atoms with Crippen LogP contribution >= 0.6 is 11.6 Å². The third-order valence-corrected chi connectivity index (χ3v) is 3.38. The quantitative estimate of drug-likeness (QED) is 0.489. The molecule has 0 heterocycles. The molecular formula is C17H13Cl. The first-order valence-corrected chi connectivity index (χ1v) is 6.40. The average Bonchev–Trinajstić information content (AvgIpc) is 2.37. The highest BCUT2D eigenvalue weighted by Gasteiger charge is 2.03. The van der Waals surface area contributed by atoms with E-state index in [0.29, 0.717) is 0 Å². The molecule has 0 bridgehead atoms. The van der Waals surface area contributed by atoms with Crippen molar-refractivity contribution in [3.8, 4) is 0 Å². The lowest BCUT2D eigenvalue weighted by Crippen LogP contribution is -1.81. The molecule has 0 spiro atoms. The summed E-state index contributed by atoms with van der Waals surface area (Å²) in [6.45, 7) is 2.02. The molecule has 0 aliphatic rings. The molecule has 0 radical (unpaired) electrons. The molecule has 0 amide bonds. The van der Waals surface area contributed by atoms with Gasteiger partial charge >= 0.3 is 0 Å². The van der Waals surface area contributed by atoms with E-state index in [4.69, 9.17) is 11.6 Å². The lowest BCUT2D eigenvalue weighted by molar-refractivity contribution is 1.70. The van der Waals surface area contributed by atoms with Gasteiger partial charge in [0.2, 0.25) is 0 Å². The van der Waals surface area contributed by atoms with Crippen LogP contribution in [0.2, 0.25) is 5.02 Å². The zero-order valence-electron chi connectivity index (χ0n) is 10.2. The smallest absolute Gasteiger partial charge is 0.0418 e. The Balaban J connectivity index is 2.45. The fourth-order valence-electron chi connectivity index (χ4n) is 2.36. The number of allylic oxidation sites excluding steroid dienone is 1. The van der Waals surface area contributed by atoms with E-state index in [1.807, 2.05) is 25.1 Å². The summed E-state index contributed by atoms with van der Waals surface area (Å²) < 4.78 is 0. The Morgan fingerprint density at radius 3 is 2.33 bits per heavy atom. The van der Waals surface area contributed by atoms with Crippen LogP contribution in [0.15, 0.2) is 54.6 Å². The number of hydrogen-bond acceptors (Lipinski definition) is 0. The highest BCUT2D eigenvalue weighted by Crippen LogP contribution is 2.29. The standard InChI is InChI=1S/C17H13Cl/c1-2-5-14-9-16(18)10-15-8-12-6-3-4-7-13(12)11-17(14)15/h2-11H,1H3/b5-2+. The summed E-state index contributed by atoms with van der Waals surface area (Å²) in [5.74, 6) is 0. The second kappa shape index (κ2) is 4.47. The number of fused-ring (bicyclic) bond motifs is 2. The van der Waals surface area contributed by atoms with Gasteiger partial charge < -0.3 is 0 Å². The Labute approximate surface area is 112 Å². The minimum Gasteiger partial charge on any atom is -0.0870 e. The first kappa shape index (κ1) is 11.3. The molecule has 1 heteroatoms. The number of rotatable bonds is 1. The Kier molecular flexibility index (Phi) is 2.81. The normalized spacial score (nSPS) is 11.7. The van der Waals surface area contributed by atoms with Crippen molar-refractivity contribution in [1.82, 2.24) is 0 Å². The van der Waals surface area contributed by atoms with Crippen LogP contribution in [0.5, 0.6) is 0 Å². The molecule has 0 saturated heterocycles. The lowest BCUT2D eigenvalue weighted by Gasteiger charge is -2.06. The fraction of sp³-hybridized carbons (Fsp3) is 0.0588. The molecule has 3 rings (SSSR count). The van der Waals surface area contributed by atoms with Crippen molar-refractivity contribution in [2.75, 3.05) is 0 Å². The monoisotopic (exact) mass is 252 g/mol. The zero-order valence-corrected chi connectivity index (χ0v) is 10.9. The van der Waals surface area contributed by atoms with Crippen molar-refractivity contribution < 1.29 is 0 Å². The predicted molar refractivity (Wildman–Crippen MR) is 81.2 cm³/mol. The van der Waals surface area contributed by atoms with E-state index < -0.39 is 0 Å². The van der Waals surface area contributed by atoms with E-state index in [1.165, 1.54) is 27.1 Å². The van der Waals surface area contributed by atoms with Crippen LogP contribution in [0.3, 0.4) is 0 Å². The van der Waals surface area contributed by atoms with Crippen LogP contribution in [-0.2, 0) is 0 Å². The van der Waals surface area contributed by atoms with Crippen molar-refractivity contribution in [3.63, 3.8) is 0 Å². The molecule has 0 aliphatic carbocycles. The highest BCUT2D eigenvalue weighted by atomic mass is 35.5. The largest absolute Gasteiger partial charge is 0.0870 e. The van der Waals surface area contributed by atoms with Crippen LogP contribution < -0.4 is 0 Å². The van der Waals surface area contributed by atoms with E-state index in [2.05, 4.69) is 42.5 Å². The Bertz CT molecular complexity index is 754. The van der Waals surface area contributed by atoms with Gasteiger partial charge in [-0.1, -0.05) is 48.0 Å². The van der Waals surface area contributed by atoms with Crippen molar-refractivity contribution >= 4 is 39.2 Å². The molecule has 0 saturated carbocycles. The average molecular weight is 253 g/mol. The first-order chi connectivity index (χ1) is 8.78. The molecule has 0 aliphatic heterocycles. The second-order valence-corrected chi connectivity index (χ2v) is 4.85. The van der Waals surface area contributed by atoms with Crippen molar-refractivity contribution in [3.05, 3.63) is 65.2 Å². The van der Waals surface area contributed by atoms with E-state index in [9.17, 15) is 0 Å². The van der Waals surface area contributed by atoms with Gasteiger partial charge in [0.15, 0.2) is 0 Å². The minimum atomic E-state index is 0.783. The highest BCUT2D eigenvalue weighted by molar-refractivity contribution is 6.31. The van der Waals surface area contributed by atoms with Gasteiger partial charge in [-0.3, -0.25) is 0 Å². The van der Waals surface area contributed by atoms with Crippen LogP contribution in [0.4, 0.5) is 0 Å². The summed E-state index contributed by atoms with van der Waals surface area (Å²) in [5, 5.41) is 5.73. The van der Waals surface area contributed by atoms with Crippen molar-refractivity contribution in [1.29, 1.82) is 0 Å². The fourth-order valence-corrected chi connectivity index (χ4v) is 2.60. The van der Waals surface area contributed by atoms with Gasteiger partial charge in [0.1, 0.15) is 0 Å². The maximum absolute atomic E-state index is 6.18. The zero-order chi connectivity index (χ0) is 12.5. The summed E-state index contributed by atoms with van der Waals surface area (Å²) in [7, 11) is 0. The third kappa shape index (κ3) is 1.89. The second-order valence-electron chi connectivity index (χ2n) is 4.42. The third-order valence-electron chi connectivity index (χ3n) is 3.16. The van der Waals surface area contributed by atoms with Gasteiger partial charge in [0.25, 0.3) is 0 Å². The maximum Gasteiger partial charge on any atom is 0.0418 e. The summed E-state index contributed by atoms with van der Waals surface area (Å²) >= 11 is 6.18. The molecule has 0 N–H and O–H groups in total. The summed E-state index contributed by atoms with van der Waals surface area (Å²) in [6, 6.07) is 16.9. The van der Waals surface area contributed by atoms with E-state index in [-0.39, 0.29) is 0 Å². The van der Waals surface area contributed by atoms with Crippen LogP contribution in [0.1, 0.15) is 12.5 Å². The van der Waals surface area contributed by atoms with Crippen molar-refractivity contribution in [2.24, 2.45) is 0 Å². The minimum absolute atomic E-state index is 0.783. The van der Waals surface area contributed by atoms with Gasteiger partial charge in [-0.25, -0.2) is 0 Å². The molecule has 88 valence electrons. The van der Waals surface area contributed by atoms with E-state index in [1.54, 1.807) is 0 Å². The van der Waals surface area contributed by atoms with Crippen LogP contribution in [0, 0.1) is 0 Å². The molecule has 0 fully saturated rings. The Morgan fingerprint density at radius 1 is 0.889 bits per heavy atom. The van der Waals surface area contributed by atoms with E-state index in [0.717, 1.165) is 5.02 Å². The molecular weight excluding hydrogens is 240 g/mol.